The van der Waals surface area contributed by atoms with Crippen molar-refractivity contribution in [1.82, 2.24) is 4.98 Å². The van der Waals surface area contributed by atoms with Crippen LogP contribution in [0.25, 0.3) is 0 Å². The van der Waals surface area contributed by atoms with Crippen LogP contribution in [-0.2, 0) is 0 Å². The van der Waals surface area contributed by atoms with Crippen LogP contribution in [0.4, 0.5) is 5.69 Å². The number of hydrogen-bond donors (Lipinski definition) is 0. The predicted octanol–water partition coefficient (Wildman–Crippen LogP) is 3.67. The second-order valence-electron chi connectivity index (χ2n) is 3.98. The van der Waals surface area contributed by atoms with Gasteiger partial charge in [0, 0.05) is 27.9 Å². The van der Waals surface area contributed by atoms with Crippen molar-refractivity contribution in [3.8, 4) is 11.6 Å². The smallest absolute Gasteiger partial charge is 0.312 e. The highest BCUT2D eigenvalue weighted by Crippen LogP contribution is 2.33. The van der Waals surface area contributed by atoms with Gasteiger partial charge in [-0.1, -0.05) is 15.9 Å². The van der Waals surface area contributed by atoms with Crippen LogP contribution in [0.3, 0.4) is 0 Å². The Labute approximate surface area is 122 Å². The highest BCUT2D eigenvalue weighted by Gasteiger charge is 2.17. The van der Waals surface area contributed by atoms with E-state index in [1.54, 1.807) is 19.1 Å². The van der Waals surface area contributed by atoms with Crippen molar-refractivity contribution in [2.24, 2.45) is 0 Å². The van der Waals surface area contributed by atoms with E-state index in [1.807, 2.05) is 0 Å². The quantitative estimate of drug-likeness (QED) is 0.483. The van der Waals surface area contributed by atoms with E-state index in [1.165, 1.54) is 18.3 Å². The lowest BCUT2D eigenvalue weighted by Crippen LogP contribution is -1.97. The fourth-order valence-corrected chi connectivity index (χ4v) is 1.93. The molecule has 0 amide bonds. The van der Waals surface area contributed by atoms with Gasteiger partial charge in [-0.3, -0.25) is 14.9 Å². The third-order valence-electron chi connectivity index (χ3n) is 2.51. The lowest BCUT2D eigenvalue weighted by molar-refractivity contribution is -0.385. The molecule has 0 fully saturated rings. The minimum absolute atomic E-state index is 0.0904. The monoisotopic (exact) mass is 336 g/mol. The first-order chi connectivity index (χ1) is 9.51. The highest BCUT2D eigenvalue weighted by atomic mass is 79.9. The van der Waals surface area contributed by atoms with Gasteiger partial charge in [0.25, 0.3) is 0 Å². The second-order valence-corrected chi connectivity index (χ2v) is 4.90. The number of pyridine rings is 1. The van der Waals surface area contributed by atoms with Crippen molar-refractivity contribution in [2.45, 2.75) is 6.92 Å². The van der Waals surface area contributed by atoms with Gasteiger partial charge >= 0.3 is 5.69 Å². The summed E-state index contributed by atoms with van der Waals surface area (Å²) in [5.41, 5.74) is 0.868. The van der Waals surface area contributed by atoms with E-state index in [-0.39, 0.29) is 17.3 Å². The SMILES string of the molecule is Cc1cc(C=O)cnc1Oc1ccc(Br)cc1[N+](=O)[O-]. The van der Waals surface area contributed by atoms with Crippen molar-refractivity contribution in [3.63, 3.8) is 0 Å². The normalized spacial score (nSPS) is 10.1. The molecule has 0 radical (unpaired) electrons. The van der Waals surface area contributed by atoms with E-state index in [0.717, 1.165) is 0 Å². The summed E-state index contributed by atoms with van der Waals surface area (Å²) < 4.78 is 6.05. The van der Waals surface area contributed by atoms with Crippen LogP contribution in [0.2, 0.25) is 0 Å². The Balaban J connectivity index is 2.39. The Bertz CT molecular complexity index is 688. The molecule has 0 aliphatic carbocycles. The number of halogens is 1. The molecule has 0 bridgehead atoms. The van der Waals surface area contributed by atoms with Gasteiger partial charge in [0.2, 0.25) is 11.6 Å². The number of benzene rings is 1. The number of aldehydes is 1. The van der Waals surface area contributed by atoms with Crippen molar-refractivity contribution in [2.75, 3.05) is 0 Å². The molecule has 0 atom stereocenters. The van der Waals surface area contributed by atoms with Gasteiger partial charge in [0.05, 0.1) is 4.92 Å². The third-order valence-corrected chi connectivity index (χ3v) is 3.01. The molecule has 20 heavy (non-hydrogen) atoms. The first kappa shape index (κ1) is 14.1. The molecule has 102 valence electrons. The minimum atomic E-state index is -0.533. The van der Waals surface area contributed by atoms with E-state index in [2.05, 4.69) is 20.9 Å². The predicted molar refractivity (Wildman–Crippen MR) is 75.2 cm³/mol. The van der Waals surface area contributed by atoms with Crippen LogP contribution in [-0.4, -0.2) is 16.2 Å². The summed E-state index contributed by atoms with van der Waals surface area (Å²) >= 11 is 3.17. The molecule has 7 heteroatoms. The van der Waals surface area contributed by atoms with Gasteiger partial charge < -0.3 is 4.74 Å². The lowest BCUT2D eigenvalue weighted by Gasteiger charge is -2.08. The number of nitro benzene ring substituents is 1. The molecule has 2 rings (SSSR count). The van der Waals surface area contributed by atoms with Gasteiger partial charge in [-0.15, -0.1) is 0 Å². The van der Waals surface area contributed by atoms with Crippen molar-refractivity contribution in [3.05, 3.63) is 56.2 Å². The highest BCUT2D eigenvalue weighted by molar-refractivity contribution is 9.10. The molecule has 1 aromatic heterocycles. The maximum atomic E-state index is 11.0. The third kappa shape index (κ3) is 3.00. The van der Waals surface area contributed by atoms with Gasteiger partial charge in [-0.2, -0.15) is 0 Å². The van der Waals surface area contributed by atoms with Crippen LogP contribution in [0, 0.1) is 17.0 Å². The van der Waals surface area contributed by atoms with Crippen molar-refractivity contribution >= 4 is 27.9 Å². The first-order valence-electron chi connectivity index (χ1n) is 5.55. The Kier molecular flexibility index (Phi) is 4.09. The lowest BCUT2D eigenvalue weighted by atomic mass is 10.2. The molecule has 0 spiro atoms. The summed E-state index contributed by atoms with van der Waals surface area (Å²) in [4.78, 5) is 25.1. The number of carbonyl (C=O) groups excluding carboxylic acids is 1. The van der Waals surface area contributed by atoms with Gasteiger partial charge in [-0.25, -0.2) is 4.98 Å². The second kappa shape index (κ2) is 5.79. The van der Waals surface area contributed by atoms with E-state index in [4.69, 9.17) is 4.74 Å². The standard InChI is InChI=1S/C13H9BrN2O4/c1-8-4-9(7-17)6-15-13(8)20-12-3-2-10(14)5-11(12)16(18)19/h2-7H,1H3. The number of nitrogens with zero attached hydrogens (tertiary/aromatic N) is 2. The van der Waals surface area contributed by atoms with E-state index < -0.39 is 4.92 Å². The van der Waals surface area contributed by atoms with Gasteiger partial charge in [0.1, 0.15) is 0 Å². The number of rotatable bonds is 4. The van der Waals surface area contributed by atoms with Crippen molar-refractivity contribution in [1.29, 1.82) is 0 Å². The molecule has 0 aliphatic heterocycles. The molecule has 0 unspecified atom stereocenters. The van der Waals surface area contributed by atoms with Crippen LogP contribution in [0.15, 0.2) is 34.9 Å². The van der Waals surface area contributed by atoms with Crippen LogP contribution in [0.5, 0.6) is 11.6 Å². The molecule has 2 aromatic rings. The summed E-state index contributed by atoms with van der Waals surface area (Å²) in [6.07, 6.45) is 2.02. The summed E-state index contributed by atoms with van der Waals surface area (Å²) in [7, 11) is 0. The van der Waals surface area contributed by atoms with Gasteiger partial charge in [-0.05, 0) is 25.1 Å². The average molecular weight is 337 g/mol. The van der Waals surface area contributed by atoms with Gasteiger partial charge in [0.15, 0.2) is 6.29 Å². The molecular weight excluding hydrogens is 328 g/mol. The van der Waals surface area contributed by atoms with E-state index in [0.29, 0.717) is 21.9 Å². The topological polar surface area (TPSA) is 82.3 Å². The first-order valence-corrected chi connectivity index (χ1v) is 6.34. The molecule has 1 heterocycles. The van der Waals surface area contributed by atoms with E-state index in [9.17, 15) is 14.9 Å². The number of aromatic nitrogens is 1. The number of ether oxygens (including phenoxy) is 1. The molecule has 0 saturated carbocycles. The zero-order valence-corrected chi connectivity index (χ0v) is 12.0. The van der Waals surface area contributed by atoms with Crippen LogP contribution < -0.4 is 4.74 Å². The Morgan fingerprint density at radius 2 is 2.15 bits per heavy atom. The molecule has 0 aliphatic rings. The van der Waals surface area contributed by atoms with E-state index >= 15 is 0 Å². The maximum absolute atomic E-state index is 11.0. The zero-order chi connectivity index (χ0) is 14.7. The average Bonchev–Trinajstić information content (AvgIpc) is 2.42. The minimum Gasteiger partial charge on any atom is -0.432 e. The number of nitro groups is 1. The fourth-order valence-electron chi connectivity index (χ4n) is 1.58. The number of hydrogen-bond acceptors (Lipinski definition) is 5. The van der Waals surface area contributed by atoms with Crippen LogP contribution in [0.1, 0.15) is 15.9 Å². The molecule has 6 nitrogen and oxygen atoms in total. The maximum Gasteiger partial charge on any atom is 0.312 e. The summed E-state index contributed by atoms with van der Waals surface area (Å²) in [6, 6.07) is 6.07. The number of aryl methyl sites for hydroxylation is 1. The molecular formula is C13H9BrN2O4. The molecule has 1 aromatic carbocycles. The molecule has 0 N–H and O–H groups in total. The summed E-state index contributed by atoms with van der Waals surface area (Å²) in [6.45, 7) is 1.71. The Morgan fingerprint density at radius 3 is 2.75 bits per heavy atom. The number of carbonyl (C=O) groups is 1. The van der Waals surface area contributed by atoms with Crippen molar-refractivity contribution < 1.29 is 14.5 Å². The Hall–Kier alpha value is -2.28. The van der Waals surface area contributed by atoms with Crippen LogP contribution >= 0.6 is 15.9 Å². The fraction of sp³-hybridized carbons (Fsp3) is 0.0769. The summed E-state index contributed by atoms with van der Waals surface area (Å²) in [5.74, 6) is 0.314. The summed E-state index contributed by atoms with van der Waals surface area (Å²) in [5, 5.41) is 11.0. The zero-order valence-electron chi connectivity index (χ0n) is 10.4. The largest absolute Gasteiger partial charge is 0.432 e. The molecule has 0 saturated heterocycles. The Morgan fingerprint density at radius 1 is 1.40 bits per heavy atom.